The van der Waals surface area contributed by atoms with Crippen LogP contribution < -0.4 is 4.90 Å². The molecule has 0 bridgehead atoms. The van der Waals surface area contributed by atoms with E-state index in [1.54, 1.807) is 24.3 Å². The van der Waals surface area contributed by atoms with Crippen LogP contribution in [0.15, 0.2) is 30.3 Å². The Kier molecular flexibility index (Phi) is 3.59. The van der Waals surface area contributed by atoms with Crippen LogP contribution in [0.3, 0.4) is 0 Å². The standard InChI is InChI=1S/C13H12F2N2O2/c1-17(7-12(14)15)11-6-10(13(18)19)16-9-5-3-2-4-8(9)11/h2-6,12H,7H2,1H3,(H,18,19). The zero-order valence-electron chi connectivity index (χ0n) is 10.2. The Bertz CT molecular complexity index is 617. The molecular formula is C13H12F2N2O2. The number of fused-ring (bicyclic) bond motifs is 1. The highest BCUT2D eigenvalue weighted by molar-refractivity contribution is 5.97. The van der Waals surface area contributed by atoms with Gasteiger partial charge in [-0.3, -0.25) is 0 Å². The van der Waals surface area contributed by atoms with Crippen LogP contribution in [0.4, 0.5) is 14.5 Å². The molecule has 0 unspecified atom stereocenters. The first kappa shape index (κ1) is 13.2. The highest BCUT2D eigenvalue weighted by Crippen LogP contribution is 2.26. The SMILES string of the molecule is CN(CC(F)F)c1cc(C(=O)O)nc2ccccc12. The summed E-state index contributed by atoms with van der Waals surface area (Å²) in [7, 11) is 1.50. The number of carboxylic acid groups (broad SMARTS) is 1. The summed E-state index contributed by atoms with van der Waals surface area (Å²) in [5.41, 5.74) is 0.747. The van der Waals surface area contributed by atoms with Crippen LogP contribution in [0.2, 0.25) is 0 Å². The first-order valence-corrected chi connectivity index (χ1v) is 5.61. The molecule has 1 aromatic carbocycles. The molecule has 0 amide bonds. The van der Waals surface area contributed by atoms with Crippen molar-refractivity contribution in [3.63, 3.8) is 0 Å². The first-order chi connectivity index (χ1) is 8.99. The molecule has 0 spiro atoms. The molecule has 1 N–H and O–H groups in total. The second-order valence-corrected chi connectivity index (χ2v) is 4.12. The predicted molar refractivity (Wildman–Crippen MR) is 68.0 cm³/mol. The fraction of sp³-hybridized carbons (Fsp3) is 0.231. The molecule has 0 saturated heterocycles. The number of anilines is 1. The summed E-state index contributed by atoms with van der Waals surface area (Å²) >= 11 is 0. The van der Waals surface area contributed by atoms with Gasteiger partial charge in [0, 0.05) is 18.1 Å². The number of halogens is 2. The van der Waals surface area contributed by atoms with E-state index in [-0.39, 0.29) is 5.69 Å². The molecular weight excluding hydrogens is 254 g/mol. The van der Waals surface area contributed by atoms with Gasteiger partial charge in [-0.1, -0.05) is 18.2 Å². The van der Waals surface area contributed by atoms with Gasteiger partial charge in [0.25, 0.3) is 6.43 Å². The van der Waals surface area contributed by atoms with E-state index in [4.69, 9.17) is 5.11 Å². The molecule has 0 aliphatic carbocycles. The maximum Gasteiger partial charge on any atom is 0.354 e. The van der Waals surface area contributed by atoms with Gasteiger partial charge in [0.15, 0.2) is 5.69 Å². The minimum atomic E-state index is -2.50. The van der Waals surface area contributed by atoms with E-state index >= 15 is 0 Å². The van der Waals surface area contributed by atoms with Gasteiger partial charge in [0.2, 0.25) is 0 Å². The van der Waals surface area contributed by atoms with Crippen molar-refractivity contribution in [2.24, 2.45) is 0 Å². The predicted octanol–water partition coefficient (Wildman–Crippen LogP) is 2.63. The number of rotatable bonds is 4. The van der Waals surface area contributed by atoms with Crippen LogP contribution >= 0.6 is 0 Å². The summed E-state index contributed by atoms with van der Waals surface area (Å²) < 4.78 is 24.9. The topological polar surface area (TPSA) is 53.4 Å². The van der Waals surface area contributed by atoms with Gasteiger partial charge >= 0.3 is 5.97 Å². The minimum absolute atomic E-state index is 0.158. The van der Waals surface area contributed by atoms with Crippen molar-refractivity contribution in [3.05, 3.63) is 36.0 Å². The molecule has 0 radical (unpaired) electrons. The molecule has 1 aromatic heterocycles. The number of nitrogens with zero attached hydrogens (tertiary/aromatic N) is 2. The Morgan fingerprint density at radius 3 is 2.74 bits per heavy atom. The van der Waals surface area contributed by atoms with E-state index in [9.17, 15) is 13.6 Å². The van der Waals surface area contributed by atoms with E-state index in [2.05, 4.69) is 4.98 Å². The molecule has 0 aliphatic heterocycles. The number of benzene rings is 1. The normalized spacial score (nSPS) is 10.9. The van der Waals surface area contributed by atoms with E-state index in [0.717, 1.165) is 0 Å². The summed E-state index contributed by atoms with van der Waals surface area (Å²) in [6.07, 6.45) is -2.50. The Morgan fingerprint density at radius 1 is 1.42 bits per heavy atom. The molecule has 0 saturated carbocycles. The summed E-state index contributed by atoms with van der Waals surface area (Å²) in [5.74, 6) is -1.18. The van der Waals surface area contributed by atoms with Crippen molar-refractivity contribution in [1.82, 2.24) is 4.98 Å². The van der Waals surface area contributed by atoms with E-state index in [1.165, 1.54) is 18.0 Å². The zero-order valence-corrected chi connectivity index (χ0v) is 10.2. The maximum absolute atomic E-state index is 12.5. The smallest absolute Gasteiger partial charge is 0.354 e. The van der Waals surface area contributed by atoms with Crippen molar-refractivity contribution in [1.29, 1.82) is 0 Å². The minimum Gasteiger partial charge on any atom is -0.477 e. The van der Waals surface area contributed by atoms with Gasteiger partial charge in [0.1, 0.15) is 0 Å². The second-order valence-electron chi connectivity index (χ2n) is 4.12. The summed E-state index contributed by atoms with van der Waals surface area (Å²) in [4.78, 5) is 16.3. The molecule has 1 heterocycles. The summed E-state index contributed by atoms with van der Waals surface area (Å²) in [6, 6.07) is 8.17. The lowest BCUT2D eigenvalue weighted by Crippen LogP contribution is -2.24. The maximum atomic E-state index is 12.5. The largest absolute Gasteiger partial charge is 0.477 e. The lowest BCUT2D eigenvalue weighted by molar-refractivity contribution is 0.0691. The molecule has 0 fully saturated rings. The molecule has 2 rings (SSSR count). The monoisotopic (exact) mass is 266 g/mol. The molecule has 2 aromatic rings. The van der Waals surface area contributed by atoms with E-state index in [1.807, 2.05) is 0 Å². The third-order valence-corrected chi connectivity index (χ3v) is 2.74. The lowest BCUT2D eigenvalue weighted by atomic mass is 10.1. The molecule has 0 atom stereocenters. The van der Waals surface area contributed by atoms with Crippen LogP contribution in [-0.2, 0) is 0 Å². The number of para-hydroxylation sites is 1. The summed E-state index contributed by atoms with van der Waals surface area (Å²) in [5, 5.41) is 9.65. The van der Waals surface area contributed by atoms with Gasteiger partial charge in [-0.25, -0.2) is 18.6 Å². The number of carbonyl (C=O) groups is 1. The van der Waals surface area contributed by atoms with Crippen LogP contribution in [0.1, 0.15) is 10.5 Å². The molecule has 100 valence electrons. The third-order valence-electron chi connectivity index (χ3n) is 2.74. The van der Waals surface area contributed by atoms with E-state index < -0.39 is 18.9 Å². The zero-order chi connectivity index (χ0) is 14.0. The van der Waals surface area contributed by atoms with Crippen molar-refractivity contribution >= 4 is 22.6 Å². The average molecular weight is 266 g/mol. The van der Waals surface area contributed by atoms with Crippen LogP contribution in [0.25, 0.3) is 10.9 Å². The van der Waals surface area contributed by atoms with Crippen LogP contribution in [0.5, 0.6) is 0 Å². The number of aromatic nitrogens is 1. The Labute approximate surface area is 108 Å². The average Bonchev–Trinajstić information content (AvgIpc) is 2.36. The number of pyridine rings is 1. The fourth-order valence-corrected chi connectivity index (χ4v) is 1.89. The van der Waals surface area contributed by atoms with Gasteiger partial charge < -0.3 is 10.0 Å². The Morgan fingerprint density at radius 2 is 2.11 bits per heavy atom. The number of carboxylic acids is 1. The van der Waals surface area contributed by atoms with Gasteiger partial charge in [0.05, 0.1) is 12.1 Å². The highest BCUT2D eigenvalue weighted by Gasteiger charge is 2.15. The first-order valence-electron chi connectivity index (χ1n) is 5.61. The molecule has 6 heteroatoms. The van der Waals surface area contributed by atoms with Crippen molar-refractivity contribution in [2.75, 3.05) is 18.5 Å². The number of hydrogen-bond acceptors (Lipinski definition) is 3. The van der Waals surface area contributed by atoms with Crippen molar-refractivity contribution < 1.29 is 18.7 Å². The van der Waals surface area contributed by atoms with Crippen molar-refractivity contribution in [2.45, 2.75) is 6.43 Å². The van der Waals surface area contributed by atoms with Gasteiger partial charge in [-0.05, 0) is 12.1 Å². The fourth-order valence-electron chi connectivity index (χ4n) is 1.89. The Balaban J connectivity index is 2.59. The highest BCUT2D eigenvalue weighted by atomic mass is 19.3. The molecule has 4 nitrogen and oxygen atoms in total. The molecule has 19 heavy (non-hydrogen) atoms. The summed E-state index contributed by atoms with van der Waals surface area (Å²) in [6.45, 7) is -0.465. The third kappa shape index (κ3) is 2.78. The number of aromatic carboxylic acids is 1. The quantitative estimate of drug-likeness (QED) is 0.924. The number of alkyl halides is 2. The van der Waals surface area contributed by atoms with Crippen LogP contribution in [0, 0.1) is 0 Å². The Hall–Kier alpha value is -2.24. The van der Waals surface area contributed by atoms with Crippen LogP contribution in [-0.4, -0.2) is 36.1 Å². The van der Waals surface area contributed by atoms with Gasteiger partial charge in [-0.2, -0.15) is 0 Å². The van der Waals surface area contributed by atoms with Gasteiger partial charge in [-0.15, -0.1) is 0 Å². The van der Waals surface area contributed by atoms with Crippen molar-refractivity contribution in [3.8, 4) is 0 Å². The number of hydrogen-bond donors (Lipinski definition) is 1. The lowest BCUT2D eigenvalue weighted by Gasteiger charge is -2.20. The molecule has 0 aliphatic rings. The van der Waals surface area contributed by atoms with E-state index in [0.29, 0.717) is 16.6 Å². The second kappa shape index (κ2) is 5.17.